The number of carbonyl (C=O) groups excluding carboxylic acids is 4. The number of primary amides is 1. The van der Waals surface area contributed by atoms with Crippen LogP contribution in [-0.2, 0) is 45.6 Å². The van der Waals surface area contributed by atoms with Crippen molar-refractivity contribution >= 4 is 31.5 Å². The molecule has 280 valence electrons. The van der Waals surface area contributed by atoms with E-state index in [1.807, 2.05) is 32.0 Å². The molecule has 0 saturated heterocycles. The fourth-order valence-corrected chi connectivity index (χ4v) is 6.09. The number of carbonyl (C=O) groups is 4. The molecule has 0 spiro atoms. The maximum atomic E-state index is 13.2. The lowest BCUT2D eigenvalue weighted by atomic mass is 10.0. The molecule has 0 aliphatic rings. The average Bonchev–Trinajstić information content (AvgIpc) is 3.57. The third kappa shape index (κ3) is 16.4. The van der Waals surface area contributed by atoms with Gasteiger partial charge in [0.25, 0.3) is 0 Å². The molecule has 4 amide bonds. The van der Waals surface area contributed by atoms with E-state index >= 15 is 0 Å². The number of aryl methyl sites for hydroxylation is 1. The van der Waals surface area contributed by atoms with E-state index in [4.69, 9.17) is 20.5 Å². The summed E-state index contributed by atoms with van der Waals surface area (Å²) in [5.41, 5.74) is 13.2. The fourth-order valence-electron chi connectivity index (χ4n) is 5.12. The van der Waals surface area contributed by atoms with Gasteiger partial charge in [0.05, 0.1) is 31.7 Å². The van der Waals surface area contributed by atoms with Crippen LogP contribution in [0.25, 0.3) is 0 Å². The summed E-state index contributed by atoms with van der Waals surface area (Å²) in [6.07, 6.45) is 8.18. The maximum absolute atomic E-state index is 13.2. The van der Waals surface area contributed by atoms with Crippen molar-refractivity contribution < 1.29 is 42.8 Å². The van der Waals surface area contributed by atoms with Crippen molar-refractivity contribution in [2.24, 2.45) is 17.4 Å². The first kappa shape index (κ1) is 42.5. The number of benzene rings is 1. The molecule has 1 heterocycles. The summed E-state index contributed by atoms with van der Waals surface area (Å²) in [6, 6.07) is 4.91. The van der Waals surface area contributed by atoms with Crippen LogP contribution in [0.1, 0.15) is 77.0 Å². The molecule has 2 rings (SSSR count). The van der Waals surface area contributed by atoms with Gasteiger partial charge >= 0.3 is 7.82 Å². The minimum atomic E-state index is -4.65. The Morgan fingerprint density at radius 1 is 0.920 bits per heavy atom. The number of hydrogen-bond acceptors (Lipinski definition) is 10. The maximum Gasteiger partial charge on any atom is 0.472 e. The fraction of sp³-hybridized carbons (Fsp3) is 0.606. The lowest BCUT2D eigenvalue weighted by molar-refractivity contribution is -0.135. The predicted molar refractivity (Wildman–Crippen MR) is 186 cm³/mol. The lowest BCUT2D eigenvalue weighted by Gasteiger charge is -2.27. The van der Waals surface area contributed by atoms with Crippen molar-refractivity contribution in [3.8, 4) is 0 Å². The summed E-state index contributed by atoms with van der Waals surface area (Å²) < 4.78 is 22.7. The van der Waals surface area contributed by atoms with Crippen LogP contribution in [0.2, 0.25) is 0 Å². The summed E-state index contributed by atoms with van der Waals surface area (Å²) in [6.45, 7) is 4.06. The minimum Gasteiger partial charge on any atom is -0.394 e. The van der Waals surface area contributed by atoms with Gasteiger partial charge < -0.3 is 42.4 Å². The number of imidazole rings is 1. The van der Waals surface area contributed by atoms with Gasteiger partial charge in [-0.05, 0) is 44.1 Å². The number of unbranched alkanes of at least 4 members (excludes halogenated alkanes) is 5. The normalized spacial score (nSPS) is 15.7. The number of phosphoric acid groups is 1. The summed E-state index contributed by atoms with van der Waals surface area (Å²) in [4.78, 5) is 68.2. The van der Waals surface area contributed by atoms with Gasteiger partial charge in [-0.3, -0.25) is 28.2 Å². The quantitative estimate of drug-likeness (QED) is 0.0536. The van der Waals surface area contributed by atoms with E-state index in [0.29, 0.717) is 18.5 Å². The van der Waals surface area contributed by atoms with Gasteiger partial charge in [-0.2, -0.15) is 0 Å². The van der Waals surface area contributed by atoms with Crippen molar-refractivity contribution in [2.75, 3.05) is 13.2 Å². The lowest BCUT2D eigenvalue weighted by Crippen LogP contribution is -2.60. The second-order valence-electron chi connectivity index (χ2n) is 12.7. The van der Waals surface area contributed by atoms with Crippen LogP contribution >= 0.6 is 7.82 Å². The summed E-state index contributed by atoms with van der Waals surface area (Å²) in [5, 5.41) is 17.1. The Morgan fingerprint density at radius 3 is 2.14 bits per heavy atom. The Labute approximate surface area is 293 Å². The highest BCUT2D eigenvalue weighted by Crippen LogP contribution is 2.45. The molecule has 6 atom stereocenters. The molecule has 0 aliphatic heterocycles. The van der Waals surface area contributed by atoms with E-state index in [2.05, 4.69) is 38.1 Å². The number of amides is 4. The molecule has 10 N–H and O–H groups in total. The molecule has 17 heteroatoms. The van der Waals surface area contributed by atoms with Gasteiger partial charge in [0.1, 0.15) is 18.1 Å². The number of rotatable bonds is 25. The SMILES string of the molecule is CC(C)C[C@H](N)C(=O)N[C@@H](Cc1cnc[nH]1)C(=O)N[C@@H](CO)C(=O)N[C@H](C(N)=O)[C@@H](C)OP(=O)(O)OCCCCCCCCc1ccccc1. The number of aromatic amines is 1. The van der Waals surface area contributed by atoms with Crippen LogP contribution in [-0.4, -0.2) is 87.1 Å². The molecule has 16 nitrogen and oxygen atoms in total. The monoisotopic (exact) mass is 723 g/mol. The Kier molecular flexibility index (Phi) is 18.9. The number of hydrogen-bond donors (Lipinski definition) is 8. The minimum absolute atomic E-state index is 0.0406. The number of aliphatic hydroxyl groups is 1. The topological polar surface area (TPSA) is 261 Å². The first-order valence-corrected chi connectivity index (χ1v) is 18.5. The van der Waals surface area contributed by atoms with E-state index in [0.717, 1.165) is 38.5 Å². The van der Waals surface area contributed by atoms with Crippen LogP contribution < -0.4 is 27.4 Å². The van der Waals surface area contributed by atoms with Gasteiger partial charge in [0, 0.05) is 18.3 Å². The highest BCUT2D eigenvalue weighted by molar-refractivity contribution is 7.47. The first-order chi connectivity index (χ1) is 23.7. The molecule has 0 radical (unpaired) electrons. The molecule has 1 unspecified atom stereocenters. The van der Waals surface area contributed by atoms with Gasteiger partial charge in [-0.15, -0.1) is 0 Å². The number of aromatic nitrogens is 2. The second-order valence-corrected chi connectivity index (χ2v) is 14.1. The Morgan fingerprint density at radius 2 is 1.54 bits per heavy atom. The van der Waals surface area contributed by atoms with E-state index in [9.17, 15) is 33.7 Å². The molecule has 50 heavy (non-hydrogen) atoms. The van der Waals surface area contributed by atoms with Crippen LogP contribution in [0.15, 0.2) is 42.9 Å². The molecule has 1 aromatic carbocycles. The number of nitrogens with zero attached hydrogens (tertiary/aromatic N) is 1. The van der Waals surface area contributed by atoms with Crippen molar-refractivity contribution in [3.63, 3.8) is 0 Å². The van der Waals surface area contributed by atoms with Gasteiger partial charge in [0.15, 0.2) is 0 Å². The second kappa shape index (κ2) is 22.2. The van der Waals surface area contributed by atoms with E-state index in [1.54, 1.807) is 0 Å². The van der Waals surface area contributed by atoms with Gasteiger partial charge in [-0.25, -0.2) is 9.55 Å². The molecule has 0 aliphatic carbocycles. The first-order valence-electron chi connectivity index (χ1n) is 17.0. The largest absolute Gasteiger partial charge is 0.472 e. The Bertz CT molecular complexity index is 1360. The molecule has 0 saturated carbocycles. The van der Waals surface area contributed by atoms with Crippen LogP contribution in [0.5, 0.6) is 0 Å². The number of H-pyrrole nitrogens is 1. The third-order valence-electron chi connectivity index (χ3n) is 7.82. The molecular formula is C33H54N7O9P. The molecule has 0 fully saturated rings. The van der Waals surface area contributed by atoms with E-state index in [-0.39, 0.29) is 18.9 Å². The number of nitrogens with one attached hydrogen (secondary N) is 4. The standard InChI is InChI=1S/C33H54N7O9P/c1-22(2)17-26(34)31(43)38-27(18-25-19-36-21-37-25)32(44)39-28(20-41)33(45)40-29(30(35)42)23(3)49-50(46,47)48-16-12-7-5-4-6-9-13-24-14-10-8-11-15-24/h8,10-11,14-15,19,21-23,26-29,41H,4-7,9,12-13,16-18,20,34H2,1-3H3,(H2,35,42)(H,36,37)(H,38,43)(H,39,44)(H,40,45)(H,46,47)/t23-,26+,27+,28+,29+/m1/s1. The van der Waals surface area contributed by atoms with Gasteiger partial charge in [-0.1, -0.05) is 69.9 Å². The summed E-state index contributed by atoms with van der Waals surface area (Å²) in [7, 11) is -4.65. The summed E-state index contributed by atoms with van der Waals surface area (Å²) in [5.74, 6) is -3.46. The Balaban J connectivity index is 1.86. The van der Waals surface area contributed by atoms with Crippen LogP contribution in [0.3, 0.4) is 0 Å². The van der Waals surface area contributed by atoms with Crippen molar-refractivity contribution in [2.45, 2.75) is 109 Å². The highest BCUT2D eigenvalue weighted by atomic mass is 31.2. The van der Waals surface area contributed by atoms with Crippen molar-refractivity contribution in [1.29, 1.82) is 0 Å². The zero-order valence-corrected chi connectivity index (χ0v) is 30.0. The zero-order chi connectivity index (χ0) is 37.1. The van der Waals surface area contributed by atoms with E-state index in [1.165, 1.54) is 25.0 Å². The zero-order valence-electron chi connectivity index (χ0n) is 29.1. The number of aliphatic hydroxyl groups excluding tert-OH is 1. The van der Waals surface area contributed by atoms with E-state index < -0.39 is 68.3 Å². The molecule has 2 aromatic rings. The van der Waals surface area contributed by atoms with Crippen LogP contribution in [0.4, 0.5) is 0 Å². The molecule has 0 bridgehead atoms. The van der Waals surface area contributed by atoms with Gasteiger partial charge in [0.2, 0.25) is 23.6 Å². The Hall–Kier alpha value is -3.66. The molecular weight excluding hydrogens is 669 g/mol. The van der Waals surface area contributed by atoms with Crippen molar-refractivity contribution in [3.05, 3.63) is 54.1 Å². The highest BCUT2D eigenvalue weighted by Gasteiger charge is 2.35. The number of nitrogens with two attached hydrogens (primary N) is 2. The number of phosphoric ester groups is 1. The summed E-state index contributed by atoms with van der Waals surface area (Å²) >= 11 is 0. The molecule has 1 aromatic heterocycles. The van der Waals surface area contributed by atoms with Crippen molar-refractivity contribution in [1.82, 2.24) is 25.9 Å². The average molecular weight is 724 g/mol. The van der Waals surface area contributed by atoms with Crippen LogP contribution in [0, 0.1) is 5.92 Å². The third-order valence-corrected chi connectivity index (χ3v) is 8.93. The smallest absolute Gasteiger partial charge is 0.394 e. The predicted octanol–water partition coefficient (Wildman–Crippen LogP) is 1.36.